The number of nitrogen functional groups attached to an aromatic ring is 1. The van der Waals surface area contributed by atoms with E-state index in [1.54, 1.807) is 36.4 Å². The van der Waals surface area contributed by atoms with Crippen LogP contribution in [-0.4, -0.2) is 25.2 Å². The Balaban J connectivity index is 1.56. The van der Waals surface area contributed by atoms with Gasteiger partial charge >= 0.3 is 6.03 Å². The lowest BCUT2D eigenvalue weighted by atomic mass is 10.1. The molecule has 124 valence electrons. The van der Waals surface area contributed by atoms with Gasteiger partial charge < -0.3 is 20.5 Å². The van der Waals surface area contributed by atoms with Gasteiger partial charge in [0, 0.05) is 12.2 Å². The maximum Gasteiger partial charge on any atom is 0.321 e. The Morgan fingerprint density at radius 1 is 1.04 bits per heavy atom. The van der Waals surface area contributed by atoms with Crippen LogP contribution in [0.1, 0.15) is 15.9 Å². The number of imide groups is 1. The third-order valence-electron chi connectivity index (χ3n) is 3.49. The van der Waals surface area contributed by atoms with E-state index in [9.17, 15) is 9.59 Å². The van der Waals surface area contributed by atoms with Crippen molar-refractivity contribution in [2.24, 2.45) is 0 Å². The molecule has 1 aliphatic rings. The van der Waals surface area contributed by atoms with E-state index in [0.717, 1.165) is 5.56 Å². The molecule has 0 radical (unpaired) electrons. The predicted molar refractivity (Wildman–Crippen MR) is 88.0 cm³/mol. The first-order chi connectivity index (χ1) is 11.6. The first-order valence-electron chi connectivity index (χ1n) is 7.46. The van der Waals surface area contributed by atoms with Crippen LogP contribution in [0, 0.1) is 0 Å². The number of urea groups is 1. The van der Waals surface area contributed by atoms with Crippen molar-refractivity contribution in [2.75, 3.05) is 18.9 Å². The van der Waals surface area contributed by atoms with Gasteiger partial charge in [-0.15, -0.1) is 0 Å². The van der Waals surface area contributed by atoms with Crippen molar-refractivity contribution >= 4 is 17.6 Å². The van der Waals surface area contributed by atoms with Crippen molar-refractivity contribution < 1.29 is 19.1 Å². The van der Waals surface area contributed by atoms with Gasteiger partial charge in [0.05, 0.1) is 5.56 Å². The number of rotatable bonds is 3. The second-order valence-corrected chi connectivity index (χ2v) is 5.20. The number of carbonyl (C=O) groups is 2. The fraction of sp³-hybridized carbons (Fsp3) is 0.176. The Morgan fingerprint density at radius 3 is 2.58 bits per heavy atom. The van der Waals surface area contributed by atoms with Crippen LogP contribution in [0.25, 0.3) is 0 Å². The minimum atomic E-state index is -0.599. The van der Waals surface area contributed by atoms with Crippen LogP contribution in [0.15, 0.2) is 42.5 Å². The molecule has 4 N–H and O–H groups in total. The molecule has 1 heterocycles. The first kappa shape index (κ1) is 15.7. The average molecular weight is 327 g/mol. The molecule has 0 spiro atoms. The second-order valence-electron chi connectivity index (χ2n) is 5.20. The summed E-state index contributed by atoms with van der Waals surface area (Å²) in [6, 6.07) is 11.4. The molecule has 0 fully saturated rings. The van der Waals surface area contributed by atoms with Crippen LogP contribution in [0.5, 0.6) is 11.5 Å². The summed E-state index contributed by atoms with van der Waals surface area (Å²) < 4.78 is 10.9. The molecule has 0 saturated carbocycles. The Morgan fingerprint density at radius 2 is 1.79 bits per heavy atom. The number of hydrogen-bond donors (Lipinski definition) is 3. The van der Waals surface area contributed by atoms with E-state index in [1.807, 2.05) is 6.07 Å². The van der Waals surface area contributed by atoms with Crippen molar-refractivity contribution in [1.82, 2.24) is 10.6 Å². The molecular weight excluding hydrogens is 310 g/mol. The van der Waals surface area contributed by atoms with E-state index in [1.165, 1.54) is 0 Å². The van der Waals surface area contributed by atoms with E-state index in [2.05, 4.69) is 10.6 Å². The highest BCUT2D eigenvalue weighted by Gasteiger charge is 2.14. The van der Waals surface area contributed by atoms with Crippen molar-refractivity contribution in [3.8, 4) is 11.5 Å². The monoisotopic (exact) mass is 327 g/mol. The van der Waals surface area contributed by atoms with Crippen LogP contribution in [0.2, 0.25) is 0 Å². The molecule has 7 nitrogen and oxygen atoms in total. The maximum absolute atomic E-state index is 12.0. The predicted octanol–water partition coefficient (Wildman–Crippen LogP) is 1.68. The molecule has 0 aliphatic carbocycles. The second kappa shape index (κ2) is 6.91. The zero-order chi connectivity index (χ0) is 16.9. The number of nitrogens with one attached hydrogen (secondary N) is 2. The summed E-state index contributed by atoms with van der Waals surface area (Å²) in [5.74, 6) is 0.783. The lowest BCUT2D eigenvalue weighted by Gasteiger charge is -2.19. The van der Waals surface area contributed by atoms with Gasteiger partial charge in [0.1, 0.15) is 13.2 Å². The van der Waals surface area contributed by atoms with Crippen LogP contribution < -0.4 is 25.8 Å². The highest BCUT2D eigenvalue weighted by molar-refractivity contribution is 6.07. The number of anilines is 1. The van der Waals surface area contributed by atoms with Crippen LogP contribution in [-0.2, 0) is 6.54 Å². The molecule has 3 rings (SSSR count). The quantitative estimate of drug-likeness (QED) is 0.744. The van der Waals surface area contributed by atoms with Gasteiger partial charge in [-0.2, -0.15) is 0 Å². The molecular formula is C17H17N3O4. The lowest BCUT2D eigenvalue weighted by Crippen LogP contribution is -2.39. The molecule has 0 unspecified atom stereocenters. The minimum Gasteiger partial charge on any atom is -0.486 e. The van der Waals surface area contributed by atoms with E-state index in [-0.39, 0.29) is 12.1 Å². The fourth-order valence-corrected chi connectivity index (χ4v) is 2.30. The Bertz CT molecular complexity index is 776. The highest BCUT2D eigenvalue weighted by Crippen LogP contribution is 2.30. The summed E-state index contributed by atoms with van der Waals surface area (Å²) in [4.78, 5) is 23.9. The van der Waals surface area contributed by atoms with Crippen molar-refractivity contribution in [3.05, 3.63) is 53.6 Å². The molecule has 24 heavy (non-hydrogen) atoms. The standard InChI is InChI=1S/C17H17N3O4/c18-13-4-2-1-3-12(13)16(21)20-17(22)19-10-11-5-6-14-15(9-11)24-8-7-23-14/h1-6,9H,7-8,10,18H2,(H2,19,20,21,22). The first-order valence-corrected chi connectivity index (χ1v) is 7.46. The van der Waals surface area contributed by atoms with Crippen LogP contribution in [0.4, 0.5) is 10.5 Å². The summed E-state index contributed by atoms with van der Waals surface area (Å²) in [7, 11) is 0. The zero-order valence-electron chi connectivity index (χ0n) is 12.9. The molecule has 0 bridgehead atoms. The normalized spacial score (nSPS) is 12.3. The largest absolute Gasteiger partial charge is 0.486 e. The van der Waals surface area contributed by atoms with Gasteiger partial charge in [-0.1, -0.05) is 18.2 Å². The topological polar surface area (TPSA) is 103 Å². The van der Waals surface area contributed by atoms with Gasteiger partial charge in [0.25, 0.3) is 5.91 Å². The molecule has 0 atom stereocenters. The van der Waals surface area contributed by atoms with Crippen molar-refractivity contribution in [2.45, 2.75) is 6.54 Å². The fourth-order valence-electron chi connectivity index (χ4n) is 2.30. The highest BCUT2D eigenvalue weighted by atomic mass is 16.6. The molecule has 7 heteroatoms. The van der Waals surface area contributed by atoms with Gasteiger partial charge in [-0.05, 0) is 29.8 Å². The SMILES string of the molecule is Nc1ccccc1C(=O)NC(=O)NCc1ccc2c(c1)OCCO2. The average Bonchev–Trinajstić information content (AvgIpc) is 2.60. The Kier molecular flexibility index (Phi) is 4.51. The molecule has 0 saturated heterocycles. The van der Waals surface area contributed by atoms with Gasteiger partial charge in [0.2, 0.25) is 0 Å². The number of carbonyl (C=O) groups excluding carboxylic acids is 2. The summed E-state index contributed by atoms with van der Waals surface area (Å²) in [5, 5.41) is 4.86. The smallest absolute Gasteiger partial charge is 0.321 e. The molecule has 2 aromatic carbocycles. The van der Waals surface area contributed by atoms with E-state index < -0.39 is 11.9 Å². The maximum atomic E-state index is 12.0. The molecule has 1 aliphatic heterocycles. The summed E-state index contributed by atoms with van der Waals surface area (Å²) in [5.41, 5.74) is 7.11. The number of ether oxygens (including phenoxy) is 2. The lowest BCUT2D eigenvalue weighted by molar-refractivity contribution is 0.0964. The molecule has 2 aromatic rings. The summed E-state index contributed by atoms with van der Waals surface area (Å²) in [6.07, 6.45) is 0. The number of amides is 3. The number of benzene rings is 2. The Labute approximate surface area is 138 Å². The van der Waals surface area contributed by atoms with Crippen molar-refractivity contribution in [1.29, 1.82) is 0 Å². The number of fused-ring (bicyclic) bond motifs is 1. The number of hydrogen-bond acceptors (Lipinski definition) is 5. The van der Waals surface area contributed by atoms with Gasteiger partial charge in [-0.25, -0.2) is 4.79 Å². The minimum absolute atomic E-state index is 0.250. The zero-order valence-corrected chi connectivity index (χ0v) is 12.9. The molecule has 0 aromatic heterocycles. The van der Waals surface area contributed by atoms with Crippen molar-refractivity contribution in [3.63, 3.8) is 0 Å². The summed E-state index contributed by atoms with van der Waals surface area (Å²) in [6.45, 7) is 1.27. The van der Waals surface area contributed by atoms with Crippen LogP contribution in [0.3, 0.4) is 0 Å². The van der Waals surface area contributed by atoms with Gasteiger partial charge in [-0.3, -0.25) is 10.1 Å². The molecule has 3 amide bonds. The number of para-hydroxylation sites is 1. The van der Waals surface area contributed by atoms with Crippen LogP contribution >= 0.6 is 0 Å². The number of nitrogens with two attached hydrogens (primary N) is 1. The Hall–Kier alpha value is -3.22. The summed E-state index contributed by atoms with van der Waals surface area (Å²) >= 11 is 0. The van der Waals surface area contributed by atoms with E-state index in [4.69, 9.17) is 15.2 Å². The van der Waals surface area contributed by atoms with E-state index in [0.29, 0.717) is 30.4 Å². The third kappa shape index (κ3) is 3.57. The third-order valence-corrected chi connectivity index (χ3v) is 3.49. The van der Waals surface area contributed by atoms with E-state index >= 15 is 0 Å². The van der Waals surface area contributed by atoms with Gasteiger partial charge in [0.15, 0.2) is 11.5 Å².